The predicted molar refractivity (Wildman–Crippen MR) is 62.2 cm³/mol. The second-order valence-corrected chi connectivity index (χ2v) is 3.68. The molecule has 80 valence electrons. The van der Waals surface area contributed by atoms with Crippen molar-refractivity contribution in [2.45, 2.75) is 19.9 Å². The molecule has 0 amide bonds. The van der Waals surface area contributed by atoms with Crippen LogP contribution in [0.3, 0.4) is 0 Å². The molecule has 0 atom stereocenters. The first-order chi connectivity index (χ1) is 7.20. The lowest BCUT2D eigenvalue weighted by atomic mass is 10.3. The minimum Gasteiger partial charge on any atom is -0.367 e. The summed E-state index contributed by atoms with van der Waals surface area (Å²) >= 11 is 0. The molecule has 0 saturated carbocycles. The number of nitrogens with one attached hydrogen (secondary N) is 3. The van der Waals surface area contributed by atoms with Crippen molar-refractivity contribution in [1.82, 2.24) is 15.0 Å². The fourth-order valence-corrected chi connectivity index (χ4v) is 1.44. The molecule has 2 aromatic rings. The molecule has 2 rings (SSSR count). The van der Waals surface area contributed by atoms with E-state index in [0.29, 0.717) is 12.0 Å². The summed E-state index contributed by atoms with van der Waals surface area (Å²) < 4.78 is 0. The van der Waals surface area contributed by atoms with Gasteiger partial charge in [0.15, 0.2) is 0 Å². The van der Waals surface area contributed by atoms with Crippen molar-refractivity contribution >= 4 is 22.8 Å². The Hall–Kier alpha value is -1.78. The van der Waals surface area contributed by atoms with Crippen LogP contribution >= 0.6 is 0 Å². The second kappa shape index (κ2) is 3.76. The zero-order valence-corrected chi connectivity index (χ0v) is 9.13. The molecule has 3 N–H and O–H groups in total. The third-order valence-electron chi connectivity index (χ3n) is 2.06. The van der Waals surface area contributed by atoms with Gasteiger partial charge in [-0.15, -0.1) is 0 Å². The first-order valence-corrected chi connectivity index (χ1v) is 5.00. The fraction of sp³-hybridized carbons (Fsp3) is 0.400. The van der Waals surface area contributed by atoms with Gasteiger partial charge < -0.3 is 15.6 Å². The van der Waals surface area contributed by atoms with Crippen LogP contribution in [-0.2, 0) is 0 Å². The Kier molecular flexibility index (Phi) is 2.45. The number of aromatic amines is 1. The number of nitrogens with zero attached hydrogens (tertiary/aromatic N) is 2. The Morgan fingerprint density at radius 2 is 2.13 bits per heavy atom. The Balaban J connectivity index is 2.53. The van der Waals surface area contributed by atoms with Gasteiger partial charge in [0, 0.05) is 19.3 Å². The van der Waals surface area contributed by atoms with E-state index in [4.69, 9.17) is 0 Å². The third-order valence-corrected chi connectivity index (χ3v) is 2.06. The molecule has 2 heterocycles. The van der Waals surface area contributed by atoms with Gasteiger partial charge in [-0.25, -0.2) is 0 Å². The molecule has 0 aliphatic rings. The van der Waals surface area contributed by atoms with Gasteiger partial charge in [0.25, 0.3) is 0 Å². The fourth-order valence-electron chi connectivity index (χ4n) is 1.44. The summed E-state index contributed by atoms with van der Waals surface area (Å²) in [6.45, 7) is 4.17. The summed E-state index contributed by atoms with van der Waals surface area (Å²) in [5.74, 6) is 1.48. The lowest BCUT2D eigenvalue weighted by Crippen LogP contribution is -2.12. The molecule has 0 bridgehead atoms. The largest absolute Gasteiger partial charge is 0.367 e. The lowest BCUT2D eigenvalue weighted by molar-refractivity contribution is 0.891. The van der Waals surface area contributed by atoms with E-state index in [1.807, 2.05) is 19.3 Å². The monoisotopic (exact) mass is 205 g/mol. The molecule has 0 aliphatic heterocycles. The summed E-state index contributed by atoms with van der Waals surface area (Å²) in [6, 6.07) is 2.32. The molecule has 15 heavy (non-hydrogen) atoms. The summed E-state index contributed by atoms with van der Waals surface area (Å²) in [6.07, 6.45) is 1.87. The number of aromatic nitrogens is 3. The normalized spacial score (nSPS) is 10.9. The Labute approximate surface area is 88.3 Å². The van der Waals surface area contributed by atoms with Crippen molar-refractivity contribution in [2.24, 2.45) is 0 Å². The van der Waals surface area contributed by atoms with E-state index in [9.17, 15) is 0 Å². The number of hydrogen-bond donors (Lipinski definition) is 3. The van der Waals surface area contributed by atoms with Crippen LogP contribution < -0.4 is 10.6 Å². The topological polar surface area (TPSA) is 65.6 Å². The molecule has 2 aromatic heterocycles. The summed E-state index contributed by atoms with van der Waals surface area (Å²) in [4.78, 5) is 11.8. The molecular weight excluding hydrogens is 190 g/mol. The lowest BCUT2D eigenvalue weighted by Gasteiger charge is -2.10. The van der Waals surface area contributed by atoms with Gasteiger partial charge >= 0.3 is 0 Å². The number of hydrogen-bond acceptors (Lipinski definition) is 4. The van der Waals surface area contributed by atoms with Crippen molar-refractivity contribution in [3.8, 4) is 0 Å². The molecule has 0 unspecified atom stereocenters. The van der Waals surface area contributed by atoms with Gasteiger partial charge in [-0.1, -0.05) is 0 Å². The maximum absolute atomic E-state index is 4.38. The first-order valence-electron chi connectivity index (χ1n) is 5.00. The Morgan fingerprint density at radius 1 is 1.33 bits per heavy atom. The maximum Gasteiger partial charge on any atom is 0.226 e. The highest BCUT2D eigenvalue weighted by molar-refractivity contribution is 5.88. The number of fused-ring (bicyclic) bond motifs is 1. The SMILES string of the molecule is CNc1nc(NC(C)C)c2cc[nH]c2n1. The molecule has 0 saturated heterocycles. The van der Waals surface area contributed by atoms with Crippen LogP contribution in [0.2, 0.25) is 0 Å². The van der Waals surface area contributed by atoms with E-state index in [0.717, 1.165) is 16.9 Å². The van der Waals surface area contributed by atoms with Crippen LogP contribution in [0, 0.1) is 0 Å². The van der Waals surface area contributed by atoms with Crippen LogP contribution in [0.5, 0.6) is 0 Å². The van der Waals surface area contributed by atoms with Gasteiger partial charge in [-0.3, -0.25) is 0 Å². The molecule has 0 aromatic carbocycles. The molecule has 5 nitrogen and oxygen atoms in total. The van der Waals surface area contributed by atoms with Gasteiger partial charge in [0.1, 0.15) is 11.5 Å². The molecular formula is C10H15N5. The minimum atomic E-state index is 0.350. The molecule has 0 radical (unpaired) electrons. The first kappa shape index (κ1) is 9.76. The van der Waals surface area contributed by atoms with Crippen LogP contribution in [0.25, 0.3) is 11.0 Å². The van der Waals surface area contributed by atoms with Gasteiger partial charge in [-0.2, -0.15) is 9.97 Å². The Morgan fingerprint density at radius 3 is 2.80 bits per heavy atom. The maximum atomic E-state index is 4.38. The molecule has 0 fully saturated rings. The van der Waals surface area contributed by atoms with Gasteiger partial charge in [-0.05, 0) is 19.9 Å². The minimum absolute atomic E-state index is 0.350. The van der Waals surface area contributed by atoms with E-state index < -0.39 is 0 Å². The van der Waals surface area contributed by atoms with E-state index in [-0.39, 0.29) is 0 Å². The predicted octanol–water partition coefficient (Wildman–Crippen LogP) is 1.82. The van der Waals surface area contributed by atoms with Crippen molar-refractivity contribution in [3.63, 3.8) is 0 Å². The zero-order valence-electron chi connectivity index (χ0n) is 9.13. The van der Waals surface area contributed by atoms with Crippen molar-refractivity contribution in [3.05, 3.63) is 12.3 Å². The average Bonchev–Trinajstić information content (AvgIpc) is 2.64. The highest BCUT2D eigenvalue weighted by Crippen LogP contribution is 2.21. The van der Waals surface area contributed by atoms with Crippen molar-refractivity contribution in [2.75, 3.05) is 17.7 Å². The third kappa shape index (κ3) is 1.86. The molecule has 0 spiro atoms. The van der Waals surface area contributed by atoms with Crippen LogP contribution in [0.4, 0.5) is 11.8 Å². The van der Waals surface area contributed by atoms with Gasteiger partial charge in [0.05, 0.1) is 5.39 Å². The van der Waals surface area contributed by atoms with E-state index in [1.54, 1.807) is 0 Å². The van der Waals surface area contributed by atoms with Crippen LogP contribution in [-0.4, -0.2) is 28.0 Å². The van der Waals surface area contributed by atoms with Crippen molar-refractivity contribution < 1.29 is 0 Å². The van der Waals surface area contributed by atoms with Crippen molar-refractivity contribution in [1.29, 1.82) is 0 Å². The summed E-state index contributed by atoms with van der Waals surface area (Å²) in [5.41, 5.74) is 0.845. The van der Waals surface area contributed by atoms with E-state index in [1.165, 1.54) is 0 Å². The van der Waals surface area contributed by atoms with Crippen LogP contribution in [0.1, 0.15) is 13.8 Å². The highest BCUT2D eigenvalue weighted by Gasteiger charge is 2.08. The van der Waals surface area contributed by atoms with Crippen LogP contribution in [0.15, 0.2) is 12.3 Å². The summed E-state index contributed by atoms with van der Waals surface area (Å²) in [7, 11) is 1.81. The smallest absolute Gasteiger partial charge is 0.226 e. The summed E-state index contributed by atoms with van der Waals surface area (Å²) in [5, 5.41) is 7.25. The zero-order chi connectivity index (χ0) is 10.8. The quantitative estimate of drug-likeness (QED) is 0.715. The van der Waals surface area contributed by atoms with Gasteiger partial charge in [0.2, 0.25) is 5.95 Å². The standard InChI is InChI=1S/C10H15N5/c1-6(2)13-9-7-4-5-12-8(7)14-10(11-3)15-9/h4-6H,1-3H3,(H3,11,12,13,14,15). The highest BCUT2D eigenvalue weighted by atomic mass is 15.1. The second-order valence-electron chi connectivity index (χ2n) is 3.68. The Bertz CT molecular complexity index is 460. The number of H-pyrrole nitrogens is 1. The number of anilines is 2. The van der Waals surface area contributed by atoms with E-state index in [2.05, 4.69) is 39.4 Å². The van der Waals surface area contributed by atoms with E-state index >= 15 is 0 Å². The average molecular weight is 205 g/mol. The number of rotatable bonds is 3. The molecule has 0 aliphatic carbocycles. The molecule has 5 heteroatoms.